The molecule has 0 aromatic heterocycles. The lowest BCUT2D eigenvalue weighted by atomic mass is 10.2. The minimum Gasteiger partial charge on any atom is -0.466 e. The Morgan fingerprint density at radius 1 is 1.29 bits per heavy atom. The Bertz CT molecular complexity index is 152. The average molecular weight is 198 g/mol. The molecule has 0 aromatic rings. The first-order valence-corrected chi connectivity index (χ1v) is 5.57. The van der Waals surface area contributed by atoms with Gasteiger partial charge in [0.15, 0.2) is 0 Å². The van der Waals surface area contributed by atoms with Crippen molar-refractivity contribution in [2.45, 2.75) is 51.9 Å². The minimum absolute atomic E-state index is 0.0444. The summed E-state index contributed by atoms with van der Waals surface area (Å²) in [6.07, 6.45) is 8.71. The second kappa shape index (κ2) is 10.3. The molecule has 0 saturated carbocycles. The van der Waals surface area contributed by atoms with E-state index in [0.717, 1.165) is 38.5 Å². The van der Waals surface area contributed by atoms with Crippen molar-refractivity contribution >= 4 is 5.97 Å². The molecule has 0 saturated heterocycles. The maximum Gasteiger partial charge on any atom is 0.305 e. The number of allylic oxidation sites excluding steroid dienone is 1. The van der Waals surface area contributed by atoms with Crippen LogP contribution in [0.1, 0.15) is 51.9 Å². The summed E-state index contributed by atoms with van der Waals surface area (Å²) in [7, 11) is 0. The van der Waals surface area contributed by atoms with Crippen LogP contribution in [-0.4, -0.2) is 12.6 Å². The molecular formula is C12H22O2. The van der Waals surface area contributed by atoms with Gasteiger partial charge in [-0.15, -0.1) is 6.58 Å². The topological polar surface area (TPSA) is 26.3 Å². The molecule has 0 N–H and O–H groups in total. The van der Waals surface area contributed by atoms with Crippen molar-refractivity contribution in [2.24, 2.45) is 0 Å². The molecule has 2 nitrogen and oxygen atoms in total. The molecule has 0 unspecified atom stereocenters. The third kappa shape index (κ3) is 9.30. The van der Waals surface area contributed by atoms with Crippen LogP contribution in [0, 0.1) is 0 Å². The maximum atomic E-state index is 11.1. The third-order valence-corrected chi connectivity index (χ3v) is 2.05. The number of rotatable bonds is 9. The standard InChI is InChI=1S/C12H22O2/c1-3-5-7-9-11-14-12(13)10-8-6-4-2/h3H,1,4-11H2,2H3. The SMILES string of the molecule is C=CCCCCOC(=O)CCCCC. The van der Waals surface area contributed by atoms with Crippen LogP contribution in [0.5, 0.6) is 0 Å². The van der Waals surface area contributed by atoms with Crippen LogP contribution in [0.3, 0.4) is 0 Å². The van der Waals surface area contributed by atoms with Crippen LogP contribution < -0.4 is 0 Å². The number of carbonyl (C=O) groups is 1. The number of unbranched alkanes of at least 4 members (excludes halogenated alkanes) is 4. The highest BCUT2D eigenvalue weighted by molar-refractivity contribution is 5.69. The van der Waals surface area contributed by atoms with Crippen molar-refractivity contribution < 1.29 is 9.53 Å². The predicted octanol–water partition coefficient (Wildman–Crippen LogP) is 3.47. The van der Waals surface area contributed by atoms with E-state index in [-0.39, 0.29) is 5.97 Å². The van der Waals surface area contributed by atoms with Gasteiger partial charge in [-0.3, -0.25) is 4.79 Å². The maximum absolute atomic E-state index is 11.1. The summed E-state index contributed by atoms with van der Waals surface area (Å²) in [6, 6.07) is 0. The Labute approximate surface area is 87.3 Å². The predicted molar refractivity (Wildman–Crippen MR) is 59.1 cm³/mol. The highest BCUT2D eigenvalue weighted by atomic mass is 16.5. The average Bonchev–Trinajstić information content (AvgIpc) is 2.18. The van der Waals surface area contributed by atoms with E-state index in [2.05, 4.69) is 13.5 Å². The zero-order chi connectivity index (χ0) is 10.6. The van der Waals surface area contributed by atoms with Gasteiger partial charge in [0.1, 0.15) is 0 Å². The number of hydrogen-bond donors (Lipinski definition) is 0. The first kappa shape index (κ1) is 13.2. The van der Waals surface area contributed by atoms with Crippen molar-refractivity contribution in [3.05, 3.63) is 12.7 Å². The fourth-order valence-electron chi connectivity index (χ4n) is 1.17. The van der Waals surface area contributed by atoms with Gasteiger partial charge in [-0.1, -0.05) is 25.8 Å². The van der Waals surface area contributed by atoms with E-state index >= 15 is 0 Å². The molecule has 0 aliphatic heterocycles. The Hall–Kier alpha value is -0.790. The van der Waals surface area contributed by atoms with E-state index in [1.165, 1.54) is 0 Å². The fourth-order valence-corrected chi connectivity index (χ4v) is 1.17. The molecular weight excluding hydrogens is 176 g/mol. The first-order chi connectivity index (χ1) is 6.81. The second-order valence-corrected chi connectivity index (χ2v) is 3.46. The molecule has 0 aromatic carbocycles. The summed E-state index contributed by atoms with van der Waals surface area (Å²) < 4.78 is 5.06. The smallest absolute Gasteiger partial charge is 0.305 e. The van der Waals surface area contributed by atoms with Crippen molar-refractivity contribution in [3.63, 3.8) is 0 Å². The van der Waals surface area contributed by atoms with E-state index in [0.29, 0.717) is 13.0 Å². The van der Waals surface area contributed by atoms with E-state index < -0.39 is 0 Å². The van der Waals surface area contributed by atoms with Gasteiger partial charge < -0.3 is 4.74 Å². The Morgan fingerprint density at radius 3 is 2.71 bits per heavy atom. The largest absolute Gasteiger partial charge is 0.466 e. The lowest BCUT2D eigenvalue weighted by Crippen LogP contribution is -2.05. The van der Waals surface area contributed by atoms with E-state index in [1.807, 2.05) is 6.08 Å². The molecule has 0 aliphatic rings. The Morgan fingerprint density at radius 2 is 2.07 bits per heavy atom. The van der Waals surface area contributed by atoms with Gasteiger partial charge >= 0.3 is 5.97 Å². The van der Waals surface area contributed by atoms with Crippen molar-refractivity contribution in [1.82, 2.24) is 0 Å². The molecule has 0 atom stereocenters. The minimum atomic E-state index is -0.0444. The second-order valence-electron chi connectivity index (χ2n) is 3.46. The normalized spacial score (nSPS) is 9.79. The summed E-state index contributed by atoms with van der Waals surface area (Å²) in [5.41, 5.74) is 0. The summed E-state index contributed by atoms with van der Waals surface area (Å²) in [5.74, 6) is -0.0444. The molecule has 2 heteroatoms. The van der Waals surface area contributed by atoms with Gasteiger partial charge in [0.2, 0.25) is 0 Å². The summed E-state index contributed by atoms with van der Waals surface area (Å²) in [5, 5.41) is 0. The number of esters is 1. The van der Waals surface area contributed by atoms with Crippen LogP contribution in [0.4, 0.5) is 0 Å². The van der Waals surface area contributed by atoms with Crippen molar-refractivity contribution in [2.75, 3.05) is 6.61 Å². The number of hydrogen-bond acceptors (Lipinski definition) is 2. The molecule has 0 bridgehead atoms. The summed E-state index contributed by atoms with van der Waals surface area (Å²) in [4.78, 5) is 11.1. The van der Waals surface area contributed by atoms with Crippen molar-refractivity contribution in [3.8, 4) is 0 Å². The van der Waals surface area contributed by atoms with Gasteiger partial charge in [-0.25, -0.2) is 0 Å². The van der Waals surface area contributed by atoms with Gasteiger partial charge in [0.05, 0.1) is 6.61 Å². The van der Waals surface area contributed by atoms with E-state index in [9.17, 15) is 4.79 Å². The highest BCUT2D eigenvalue weighted by Crippen LogP contribution is 2.02. The molecule has 0 rings (SSSR count). The molecule has 0 radical (unpaired) electrons. The van der Waals surface area contributed by atoms with Gasteiger partial charge in [0, 0.05) is 6.42 Å². The van der Waals surface area contributed by atoms with E-state index in [4.69, 9.17) is 4.74 Å². The van der Waals surface area contributed by atoms with Crippen LogP contribution in [0.2, 0.25) is 0 Å². The molecule has 0 aliphatic carbocycles. The lowest BCUT2D eigenvalue weighted by molar-refractivity contribution is -0.143. The molecule has 0 heterocycles. The van der Waals surface area contributed by atoms with Gasteiger partial charge in [-0.2, -0.15) is 0 Å². The molecule has 0 spiro atoms. The van der Waals surface area contributed by atoms with Crippen LogP contribution in [0.15, 0.2) is 12.7 Å². The zero-order valence-corrected chi connectivity index (χ0v) is 9.26. The van der Waals surface area contributed by atoms with Crippen LogP contribution in [-0.2, 0) is 9.53 Å². The fraction of sp³-hybridized carbons (Fsp3) is 0.750. The Balaban J connectivity index is 3.14. The Kier molecular flexibility index (Phi) is 9.71. The first-order valence-electron chi connectivity index (χ1n) is 5.57. The van der Waals surface area contributed by atoms with Crippen molar-refractivity contribution in [1.29, 1.82) is 0 Å². The molecule has 0 fully saturated rings. The van der Waals surface area contributed by atoms with Crippen LogP contribution >= 0.6 is 0 Å². The molecule has 82 valence electrons. The summed E-state index contributed by atoms with van der Waals surface area (Å²) >= 11 is 0. The molecule has 0 amide bonds. The number of ether oxygens (including phenoxy) is 1. The number of carbonyl (C=O) groups excluding carboxylic acids is 1. The van der Waals surface area contributed by atoms with Crippen LogP contribution in [0.25, 0.3) is 0 Å². The van der Waals surface area contributed by atoms with E-state index in [1.54, 1.807) is 0 Å². The zero-order valence-electron chi connectivity index (χ0n) is 9.26. The molecule has 14 heavy (non-hydrogen) atoms. The van der Waals surface area contributed by atoms with Gasteiger partial charge in [-0.05, 0) is 25.7 Å². The quantitative estimate of drug-likeness (QED) is 0.322. The highest BCUT2D eigenvalue weighted by Gasteiger charge is 2.00. The summed E-state index contributed by atoms with van der Waals surface area (Å²) in [6.45, 7) is 6.33. The monoisotopic (exact) mass is 198 g/mol. The third-order valence-electron chi connectivity index (χ3n) is 2.05. The van der Waals surface area contributed by atoms with Gasteiger partial charge in [0.25, 0.3) is 0 Å². The lowest BCUT2D eigenvalue weighted by Gasteiger charge is -2.03.